The summed E-state index contributed by atoms with van der Waals surface area (Å²) in [6.07, 6.45) is 0. The predicted octanol–water partition coefficient (Wildman–Crippen LogP) is 4.14. The number of para-hydroxylation sites is 1. The Hall–Kier alpha value is -2.55. The van der Waals surface area contributed by atoms with Crippen LogP contribution in [0.25, 0.3) is 0 Å². The number of aromatic hydroxyl groups is 1. The minimum Gasteiger partial charge on any atom is -0.505 e. The lowest BCUT2D eigenvalue weighted by molar-refractivity contribution is 0.0998. The van der Waals surface area contributed by atoms with E-state index in [4.69, 9.17) is 28.9 Å². The van der Waals surface area contributed by atoms with Crippen molar-refractivity contribution in [2.45, 2.75) is 0 Å². The van der Waals surface area contributed by atoms with E-state index in [9.17, 15) is 9.90 Å². The van der Waals surface area contributed by atoms with Crippen molar-refractivity contribution in [3.8, 4) is 5.75 Å². The Labute approximate surface area is 156 Å². The Kier molecular flexibility index (Phi) is 4.93. The molecule has 7 nitrogen and oxygen atoms in total. The third kappa shape index (κ3) is 3.60. The zero-order valence-electron chi connectivity index (χ0n) is 12.5. The van der Waals surface area contributed by atoms with Crippen LogP contribution < -0.4 is 16.4 Å². The molecule has 0 aliphatic heterocycles. The smallest absolute Gasteiger partial charge is 0.252 e. The Balaban J connectivity index is 1.89. The number of rotatable bonds is 5. The number of nitrogens with two attached hydrogens (primary N) is 1. The maximum absolute atomic E-state index is 11.3. The van der Waals surface area contributed by atoms with Crippen LogP contribution in [0.15, 0.2) is 36.4 Å². The predicted molar refractivity (Wildman–Crippen MR) is 99.6 cm³/mol. The van der Waals surface area contributed by atoms with Gasteiger partial charge in [-0.25, -0.2) is 0 Å². The van der Waals surface area contributed by atoms with Crippen LogP contribution in [0.3, 0.4) is 0 Å². The SMILES string of the molecule is NC(=O)c1cccc(Nc2nsnc2Nc2cccc(Cl)c2Cl)c1O. The summed E-state index contributed by atoms with van der Waals surface area (Å²) in [6.45, 7) is 0. The number of nitrogens with one attached hydrogen (secondary N) is 2. The Bertz CT molecular complexity index is 947. The van der Waals surface area contributed by atoms with Gasteiger partial charge in [-0.15, -0.1) is 0 Å². The Morgan fingerprint density at radius 2 is 1.64 bits per heavy atom. The van der Waals surface area contributed by atoms with Gasteiger partial charge in [-0.3, -0.25) is 4.79 Å². The lowest BCUT2D eigenvalue weighted by Gasteiger charge is -2.11. The summed E-state index contributed by atoms with van der Waals surface area (Å²) in [5, 5.41) is 16.8. The van der Waals surface area contributed by atoms with Crippen molar-refractivity contribution < 1.29 is 9.90 Å². The van der Waals surface area contributed by atoms with Crippen LogP contribution >= 0.6 is 34.9 Å². The van der Waals surface area contributed by atoms with E-state index >= 15 is 0 Å². The number of hydrogen-bond acceptors (Lipinski definition) is 7. The average molecular weight is 396 g/mol. The molecular weight excluding hydrogens is 385 g/mol. The van der Waals surface area contributed by atoms with E-state index in [0.717, 1.165) is 11.7 Å². The van der Waals surface area contributed by atoms with E-state index in [1.165, 1.54) is 6.07 Å². The van der Waals surface area contributed by atoms with Crippen LogP contribution in [-0.2, 0) is 0 Å². The molecular formula is C15H11Cl2N5O2S. The third-order valence-corrected chi connectivity index (χ3v) is 4.60. The zero-order chi connectivity index (χ0) is 18.0. The largest absolute Gasteiger partial charge is 0.505 e. The number of phenols is 1. The van der Waals surface area contributed by atoms with Gasteiger partial charge in [0.1, 0.15) is 0 Å². The van der Waals surface area contributed by atoms with Gasteiger partial charge in [0.2, 0.25) is 0 Å². The number of aromatic nitrogens is 2. The number of nitrogens with zero attached hydrogens (tertiary/aromatic N) is 2. The fourth-order valence-corrected chi connectivity index (χ4v) is 2.87. The van der Waals surface area contributed by atoms with Gasteiger partial charge in [-0.2, -0.15) is 8.75 Å². The van der Waals surface area contributed by atoms with E-state index in [-0.39, 0.29) is 17.0 Å². The maximum Gasteiger partial charge on any atom is 0.252 e. The number of carbonyl (C=O) groups excluding carboxylic acids is 1. The molecule has 0 fully saturated rings. The fourth-order valence-electron chi connectivity index (χ4n) is 2.05. The number of anilines is 4. The van der Waals surface area contributed by atoms with Gasteiger partial charge in [0, 0.05) is 0 Å². The number of primary amides is 1. The summed E-state index contributed by atoms with van der Waals surface area (Å²) in [7, 11) is 0. The quantitative estimate of drug-likeness (QED) is 0.482. The number of carbonyl (C=O) groups is 1. The van der Waals surface area contributed by atoms with Gasteiger partial charge in [-0.05, 0) is 24.3 Å². The van der Waals surface area contributed by atoms with Gasteiger partial charge >= 0.3 is 0 Å². The summed E-state index contributed by atoms with van der Waals surface area (Å²) >= 11 is 13.1. The molecule has 0 spiro atoms. The second-order valence-electron chi connectivity index (χ2n) is 4.88. The van der Waals surface area contributed by atoms with Gasteiger partial charge < -0.3 is 21.5 Å². The Morgan fingerprint density at radius 3 is 2.32 bits per heavy atom. The highest BCUT2D eigenvalue weighted by Gasteiger charge is 2.16. The molecule has 128 valence electrons. The number of halogens is 2. The molecule has 0 unspecified atom stereocenters. The highest BCUT2D eigenvalue weighted by atomic mass is 35.5. The molecule has 3 rings (SSSR count). The topological polar surface area (TPSA) is 113 Å². The molecule has 10 heteroatoms. The molecule has 5 N–H and O–H groups in total. The van der Waals surface area contributed by atoms with Crippen LogP contribution in [0, 0.1) is 0 Å². The standard InChI is InChI=1S/C15H11Cl2N5O2S/c16-8-4-2-5-9(11(8)17)19-14-15(22-25-21-14)20-10-6-1-3-7(12(10)23)13(18)24/h1-6,23H,(H2,18,24)(H,19,21)(H,20,22). The van der Waals surface area contributed by atoms with Gasteiger partial charge in [0.15, 0.2) is 17.4 Å². The van der Waals surface area contributed by atoms with Gasteiger partial charge in [0.25, 0.3) is 5.91 Å². The first kappa shape index (κ1) is 17.3. The summed E-state index contributed by atoms with van der Waals surface area (Å²) in [5.41, 5.74) is 6.05. The van der Waals surface area contributed by atoms with Crippen molar-refractivity contribution in [1.29, 1.82) is 0 Å². The zero-order valence-corrected chi connectivity index (χ0v) is 14.8. The monoisotopic (exact) mass is 395 g/mol. The van der Waals surface area contributed by atoms with Crippen molar-refractivity contribution in [1.82, 2.24) is 8.75 Å². The lowest BCUT2D eigenvalue weighted by Crippen LogP contribution is -2.11. The molecule has 0 bridgehead atoms. The first-order valence-electron chi connectivity index (χ1n) is 6.89. The van der Waals surface area contributed by atoms with E-state index in [1.807, 2.05) is 0 Å². The summed E-state index contributed by atoms with van der Waals surface area (Å²) in [5.74, 6) is -0.271. The van der Waals surface area contributed by atoms with E-state index < -0.39 is 5.91 Å². The van der Waals surface area contributed by atoms with Crippen molar-refractivity contribution in [2.75, 3.05) is 10.6 Å². The number of benzene rings is 2. The molecule has 1 amide bonds. The summed E-state index contributed by atoms with van der Waals surface area (Å²) < 4.78 is 8.28. The van der Waals surface area contributed by atoms with Crippen molar-refractivity contribution in [2.24, 2.45) is 5.73 Å². The second kappa shape index (κ2) is 7.14. The van der Waals surface area contributed by atoms with E-state index in [0.29, 0.717) is 27.4 Å². The van der Waals surface area contributed by atoms with Crippen molar-refractivity contribution >= 4 is 63.8 Å². The lowest BCUT2D eigenvalue weighted by atomic mass is 10.1. The summed E-state index contributed by atoms with van der Waals surface area (Å²) in [4.78, 5) is 11.3. The summed E-state index contributed by atoms with van der Waals surface area (Å²) in [6, 6.07) is 9.74. The van der Waals surface area contributed by atoms with Gasteiger partial charge in [0.05, 0.1) is 38.7 Å². The molecule has 1 aromatic heterocycles. The first-order valence-corrected chi connectivity index (χ1v) is 8.38. The van der Waals surface area contributed by atoms with E-state index in [1.54, 1.807) is 30.3 Å². The minimum atomic E-state index is -0.735. The Morgan fingerprint density at radius 1 is 1.04 bits per heavy atom. The van der Waals surface area contributed by atoms with Crippen LogP contribution in [0.2, 0.25) is 10.0 Å². The molecule has 0 saturated carbocycles. The molecule has 1 heterocycles. The van der Waals surface area contributed by atoms with Gasteiger partial charge in [-0.1, -0.05) is 35.3 Å². The van der Waals surface area contributed by atoms with E-state index in [2.05, 4.69) is 19.4 Å². The molecule has 2 aromatic carbocycles. The van der Waals surface area contributed by atoms with Crippen molar-refractivity contribution in [3.63, 3.8) is 0 Å². The fraction of sp³-hybridized carbons (Fsp3) is 0. The van der Waals surface area contributed by atoms with Crippen LogP contribution in [0.5, 0.6) is 5.75 Å². The molecule has 0 aliphatic rings. The molecule has 0 aliphatic carbocycles. The van der Waals surface area contributed by atoms with Crippen LogP contribution in [0.1, 0.15) is 10.4 Å². The average Bonchev–Trinajstić information content (AvgIpc) is 3.00. The van der Waals surface area contributed by atoms with Crippen LogP contribution in [0.4, 0.5) is 23.0 Å². The first-order chi connectivity index (χ1) is 12.0. The molecule has 25 heavy (non-hydrogen) atoms. The van der Waals surface area contributed by atoms with Crippen LogP contribution in [-0.4, -0.2) is 19.8 Å². The highest BCUT2D eigenvalue weighted by Crippen LogP contribution is 2.35. The second-order valence-corrected chi connectivity index (χ2v) is 6.19. The normalized spacial score (nSPS) is 10.5. The number of hydrogen-bond donors (Lipinski definition) is 4. The molecule has 0 atom stereocenters. The highest BCUT2D eigenvalue weighted by molar-refractivity contribution is 6.99. The maximum atomic E-state index is 11.3. The molecule has 0 radical (unpaired) electrons. The third-order valence-electron chi connectivity index (χ3n) is 3.25. The molecule has 3 aromatic rings. The molecule has 0 saturated heterocycles. The minimum absolute atomic E-state index is 0.000540. The van der Waals surface area contributed by atoms with Crippen molar-refractivity contribution in [3.05, 3.63) is 52.0 Å². The number of amides is 1.